The number of nitrogens with two attached hydrogens (primary N) is 1. The molecule has 532 valence electrons. The van der Waals surface area contributed by atoms with Crippen LogP contribution in [-0.2, 0) is 24.3 Å². The summed E-state index contributed by atoms with van der Waals surface area (Å²) >= 11 is 47.2. The number of nitro groups is 4. The lowest BCUT2D eigenvalue weighted by molar-refractivity contribution is -0.742. The van der Waals surface area contributed by atoms with Crippen LogP contribution in [0.5, 0.6) is 5.75 Å². The van der Waals surface area contributed by atoms with Gasteiger partial charge in [0.15, 0.2) is 0 Å². The fourth-order valence-electron chi connectivity index (χ4n) is 6.53. The molecule has 0 heterocycles. The minimum atomic E-state index is -2.42. The molecular formula is C59H75Cl8I3N6O18S. The maximum atomic E-state index is 10.4. The van der Waals surface area contributed by atoms with Crippen LogP contribution in [0.4, 0.5) is 28.4 Å². The van der Waals surface area contributed by atoms with E-state index in [-0.39, 0.29) is 67.3 Å². The molecule has 0 aliphatic rings. The van der Waals surface area contributed by atoms with Crippen LogP contribution in [-0.4, -0.2) is 56.9 Å². The average Bonchev–Trinajstić information content (AvgIpc) is 1.04. The number of rotatable bonds is 6. The second-order valence-electron chi connectivity index (χ2n) is 18.2. The van der Waals surface area contributed by atoms with Crippen LogP contribution in [0, 0.1) is 148 Å². The predicted molar refractivity (Wildman–Crippen MR) is 413 cm³/mol. The molecule has 0 saturated heterocycles. The Morgan fingerprint density at radius 1 is 0.432 bits per heavy atom. The van der Waals surface area contributed by atoms with Gasteiger partial charge in [-0.3, -0.25) is 44.7 Å². The van der Waals surface area contributed by atoms with E-state index in [0.29, 0.717) is 36.2 Å². The van der Waals surface area contributed by atoms with Crippen molar-refractivity contribution in [2.75, 3.05) is 12.8 Å². The van der Waals surface area contributed by atoms with Crippen molar-refractivity contribution in [3.63, 3.8) is 0 Å². The second kappa shape index (κ2) is 55.3. The monoisotopic (exact) mass is 1850 g/mol. The summed E-state index contributed by atoms with van der Waals surface area (Å²) in [5, 5.41) is 83.4. The van der Waals surface area contributed by atoms with Gasteiger partial charge in [-0.15, -0.1) is 42.8 Å². The number of nitro benzene ring substituents is 4. The highest BCUT2D eigenvalue weighted by Crippen LogP contribution is 2.31. The van der Waals surface area contributed by atoms with E-state index in [2.05, 4.69) is 62.1 Å². The second-order valence-corrected chi connectivity index (χ2v) is 21.9. The van der Waals surface area contributed by atoms with Gasteiger partial charge in [0.1, 0.15) is 5.75 Å². The average molecular weight is 1850 g/mol. The lowest BCUT2D eigenvalue weighted by Gasteiger charge is -2.03. The van der Waals surface area contributed by atoms with Crippen molar-refractivity contribution in [2.45, 2.75) is 112 Å². The highest BCUT2D eigenvalue weighted by Gasteiger charge is 2.16. The molecule has 0 radical (unpaired) electrons. The summed E-state index contributed by atoms with van der Waals surface area (Å²) < 4.78 is 18.9. The number of nitrogen functional groups attached to an aromatic ring is 1. The number of halogens is 11. The largest absolute Gasteiger partial charge is 0.508 e. The highest BCUT2D eigenvalue weighted by atomic mass is 128. The van der Waals surface area contributed by atoms with Crippen molar-refractivity contribution in [1.82, 2.24) is 0 Å². The number of aromatic hydroxyl groups is 1. The molecule has 0 aliphatic heterocycles. The van der Waals surface area contributed by atoms with Crippen LogP contribution < -0.4 is 5.73 Å². The van der Waals surface area contributed by atoms with Crippen molar-refractivity contribution >= 4 is 194 Å². The Kier molecular flexibility index (Phi) is 60.5. The lowest BCUT2D eigenvalue weighted by atomic mass is 10.1. The SMILES string of the molecule is C.C.COCl.Cc1cc([N+](=O)[O-])cc(C)c1Cl.Cc1cc([N+](=O)[O-])cc(C)c1Cl.Cc1ccc(N)c(C)c1Cl.Cc1ccc(O)c(C)c1Cl.Cc1ccc([N+](=O)[O-])c(C)c1Cl.Cc1ccc([N+](=O)[O-])c(C)c1Cl.Cc1cccc(C)c1Cl.I.II.O=S(OO)OO.O=[N+]([O-])O. The van der Waals surface area contributed by atoms with Crippen molar-refractivity contribution in [2.24, 2.45) is 0 Å². The summed E-state index contributed by atoms with van der Waals surface area (Å²) in [6, 6.07) is 25.4. The van der Waals surface area contributed by atoms with Crippen LogP contribution in [0.2, 0.25) is 35.2 Å². The van der Waals surface area contributed by atoms with E-state index in [4.69, 9.17) is 118 Å². The van der Waals surface area contributed by atoms with E-state index in [1.807, 2.05) is 78.8 Å². The zero-order chi connectivity index (χ0) is 72.8. The standard InChI is InChI=1S/4C8H8ClNO2.C8H10ClN.C8H9ClO.C8H9Cl.CH3ClO.2CH4.I2.HI.HNO3.H2O5S/c2*1-5-3-7(10(11)12)4-6(2)8(5)9;2*1-5-3-4-7(10(11)12)6(2)8(5)9;2*1-5-3-4-7(10)6(2)8(5)9;1-6-4-3-5-7(2)8(6)9;1-3-2;;;1-2;;2-1(3)4;1-4-6(3)5-2/h4*3-4H,1-2H3;3-4H,10H2,1-2H3;3-4,10H,1-2H3;3-5H,1-2H3;1H3;2*1H4;;1H;(H,2,3,4);1-2H. The summed E-state index contributed by atoms with van der Waals surface area (Å²) in [5.74, 6) is 0.260. The zero-order valence-corrected chi connectivity index (χ0v) is 65.6. The van der Waals surface area contributed by atoms with Gasteiger partial charge >= 0.3 is 11.4 Å². The number of aryl methyl sites for hydroxylation is 10. The number of nitrogens with zero attached hydrogens (tertiary/aromatic N) is 5. The summed E-state index contributed by atoms with van der Waals surface area (Å²) in [6.45, 7) is 25.6. The van der Waals surface area contributed by atoms with Crippen LogP contribution >= 0.6 is 154 Å². The molecule has 0 aliphatic carbocycles. The van der Waals surface area contributed by atoms with Crippen LogP contribution in [0.1, 0.15) is 92.7 Å². The van der Waals surface area contributed by atoms with E-state index < -0.39 is 36.1 Å². The van der Waals surface area contributed by atoms with Gasteiger partial charge in [-0.1, -0.05) is 139 Å². The molecule has 36 heteroatoms. The molecule has 6 N–H and O–H groups in total. The number of phenols is 1. The van der Waals surface area contributed by atoms with Crippen molar-refractivity contribution < 1.29 is 62.8 Å². The van der Waals surface area contributed by atoms with Gasteiger partial charge in [-0.05, 0) is 170 Å². The normalized spacial score (nSPS) is 9.14. The highest BCUT2D eigenvalue weighted by molar-refractivity contribution is 15.0. The molecule has 0 atom stereocenters. The Bertz CT molecular complexity index is 3290. The molecule has 0 unspecified atom stereocenters. The smallest absolute Gasteiger partial charge is 0.362 e. The van der Waals surface area contributed by atoms with Gasteiger partial charge in [-0.2, -0.15) is 4.21 Å². The Morgan fingerprint density at radius 2 is 0.663 bits per heavy atom. The number of hydrogen-bond acceptors (Lipinski definition) is 18. The molecule has 0 fully saturated rings. The van der Waals surface area contributed by atoms with E-state index in [9.17, 15) is 44.7 Å². The Balaban J connectivity index is -0.000000183. The first-order valence-electron chi connectivity index (χ1n) is 25.0. The van der Waals surface area contributed by atoms with Gasteiger partial charge in [0.25, 0.3) is 27.8 Å². The summed E-state index contributed by atoms with van der Waals surface area (Å²) in [7, 11) is 1.39. The Labute approximate surface area is 635 Å². The molecular weight excluding hydrogens is 1780 g/mol. The van der Waals surface area contributed by atoms with Crippen molar-refractivity contribution in [3.05, 3.63) is 255 Å². The van der Waals surface area contributed by atoms with E-state index >= 15 is 0 Å². The summed E-state index contributed by atoms with van der Waals surface area (Å²) in [6.07, 6.45) is 0. The fourth-order valence-corrected chi connectivity index (χ4v) is 7.55. The van der Waals surface area contributed by atoms with Crippen LogP contribution in [0.15, 0.2) is 91.0 Å². The molecule has 0 spiro atoms. The van der Waals surface area contributed by atoms with Gasteiger partial charge in [0.2, 0.25) is 0 Å². The first-order chi connectivity index (χ1) is 42.5. The maximum Gasteiger partial charge on any atom is 0.362 e. The number of phenolic OH excluding ortho intramolecular Hbond substituents is 1. The molecule has 0 amide bonds. The first kappa shape index (κ1) is 104. The molecule has 24 nitrogen and oxygen atoms in total. The van der Waals surface area contributed by atoms with E-state index in [0.717, 1.165) is 82.5 Å². The molecule has 7 rings (SSSR count). The Morgan fingerprint density at radius 3 is 0.884 bits per heavy atom. The maximum absolute atomic E-state index is 10.4. The molecule has 7 aromatic rings. The third kappa shape index (κ3) is 40.8. The number of benzene rings is 7. The molecule has 0 aromatic heterocycles. The van der Waals surface area contributed by atoms with Crippen LogP contribution in [0.25, 0.3) is 0 Å². The van der Waals surface area contributed by atoms with Gasteiger partial charge < -0.3 is 16.0 Å². The minimum Gasteiger partial charge on any atom is -0.508 e. The van der Waals surface area contributed by atoms with E-state index in [1.165, 1.54) is 43.5 Å². The minimum absolute atomic E-state index is 0. The topological polar surface area (TPSA) is 367 Å². The van der Waals surface area contributed by atoms with Crippen molar-refractivity contribution in [3.8, 4) is 5.75 Å². The third-order valence-electron chi connectivity index (χ3n) is 11.4. The summed E-state index contributed by atoms with van der Waals surface area (Å²) in [5.41, 5.74) is 18.5. The summed E-state index contributed by atoms with van der Waals surface area (Å²) in [4.78, 5) is 48.3. The Hall–Kier alpha value is -4.60. The molecule has 0 saturated carbocycles. The molecule has 95 heavy (non-hydrogen) atoms. The third-order valence-corrected chi connectivity index (χ3v) is 15.8. The molecule has 7 aromatic carbocycles. The first-order valence-corrected chi connectivity index (χ1v) is 35.3. The van der Waals surface area contributed by atoms with Gasteiger partial charge in [-0.25, -0.2) is 10.5 Å². The molecule has 0 bridgehead atoms. The zero-order valence-electron chi connectivity index (χ0n) is 52.1. The van der Waals surface area contributed by atoms with Gasteiger partial charge in [0, 0.05) is 116 Å². The van der Waals surface area contributed by atoms with Gasteiger partial charge in [0.05, 0.1) is 53.7 Å². The number of non-ortho nitro benzene ring substituents is 2. The van der Waals surface area contributed by atoms with Crippen LogP contribution in [0.3, 0.4) is 0 Å². The van der Waals surface area contributed by atoms with E-state index in [1.54, 1.807) is 72.7 Å². The fraction of sp³-hybridized carbons (Fsp3) is 0.288. The predicted octanol–water partition coefficient (Wildman–Crippen LogP) is 23.3. The number of hydrogen-bond donors (Lipinski definition) is 5. The lowest BCUT2D eigenvalue weighted by Crippen LogP contribution is -1.92. The van der Waals surface area contributed by atoms with Crippen molar-refractivity contribution in [1.29, 1.82) is 0 Å². The number of anilines is 1. The quantitative estimate of drug-likeness (QED) is 0.0339.